The van der Waals surface area contributed by atoms with Crippen molar-refractivity contribution in [3.8, 4) is 0 Å². The Bertz CT molecular complexity index is 418. The van der Waals surface area contributed by atoms with Gasteiger partial charge in [0, 0.05) is 23.8 Å². The highest BCUT2D eigenvalue weighted by Crippen LogP contribution is 2.22. The maximum Gasteiger partial charge on any atom is 0.251 e. The van der Waals surface area contributed by atoms with Crippen molar-refractivity contribution >= 4 is 11.6 Å². The number of aliphatic hydroxyl groups excluding tert-OH is 1. The Hall–Kier alpha value is -1.55. The molecule has 3 N–H and O–H groups in total. The normalized spacial score (nSPS) is 15.6. The van der Waals surface area contributed by atoms with Crippen LogP contribution in [0.3, 0.4) is 0 Å². The third-order valence-corrected chi connectivity index (χ3v) is 2.96. The van der Waals surface area contributed by atoms with Crippen LogP contribution in [0.15, 0.2) is 18.2 Å². The Morgan fingerprint density at radius 1 is 1.59 bits per heavy atom. The highest BCUT2D eigenvalue weighted by atomic mass is 16.3. The van der Waals surface area contributed by atoms with Crippen molar-refractivity contribution in [2.45, 2.75) is 25.8 Å². The molecule has 1 aromatic carbocycles. The van der Waals surface area contributed by atoms with Crippen LogP contribution < -0.4 is 10.6 Å². The number of aliphatic hydroxyl groups is 1. The predicted octanol–water partition coefficient (Wildman–Crippen LogP) is 1.16. The van der Waals surface area contributed by atoms with E-state index >= 15 is 0 Å². The lowest BCUT2D eigenvalue weighted by atomic mass is 10.0. The standard InChI is InChI=1S/C13H18N2O2/c1-9(8-16)15-13(17)11-4-5-12-10(7-11)3-2-6-14-12/h4-5,7,9,14,16H,2-3,6,8H2,1H3,(H,15,17). The zero-order valence-corrected chi connectivity index (χ0v) is 9.99. The Morgan fingerprint density at radius 3 is 3.18 bits per heavy atom. The molecule has 0 spiro atoms. The fourth-order valence-corrected chi connectivity index (χ4v) is 1.97. The fraction of sp³-hybridized carbons (Fsp3) is 0.462. The summed E-state index contributed by atoms with van der Waals surface area (Å²) in [6, 6.07) is 5.49. The molecule has 1 aliphatic heterocycles. The van der Waals surface area contributed by atoms with Crippen molar-refractivity contribution in [1.29, 1.82) is 0 Å². The van der Waals surface area contributed by atoms with Gasteiger partial charge in [-0.2, -0.15) is 0 Å². The van der Waals surface area contributed by atoms with Gasteiger partial charge in [-0.05, 0) is 43.5 Å². The number of carbonyl (C=O) groups is 1. The van der Waals surface area contributed by atoms with Crippen LogP contribution in [0.4, 0.5) is 5.69 Å². The van der Waals surface area contributed by atoms with Gasteiger partial charge in [0.25, 0.3) is 5.91 Å². The topological polar surface area (TPSA) is 61.4 Å². The average molecular weight is 234 g/mol. The lowest BCUT2D eigenvalue weighted by Crippen LogP contribution is -2.35. The Morgan fingerprint density at radius 2 is 2.41 bits per heavy atom. The van der Waals surface area contributed by atoms with E-state index in [0.29, 0.717) is 5.56 Å². The van der Waals surface area contributed by atoms with Gasteiger partial charge >= 0.3 is 0 Å². The molecule has 4 heteroatoms. The van der Waals surface area contributed by atoms with Gasteiger partial charge in [0.1, 0.15) is 0 Å². The molecule has 0 aliphatic carbocycles. The van der Waals surface area contributed by atoms with Gasteiger partial charge in [-0.15, -0.1) is 0 Å². The van der Waals surface area contributed by atoms with E-state index in [2.05, 4.69) is 10.6 Å². The third-order valence-electron chi connectivity index (χ3n) is 2.96. The van der Waals surface area contributed by atoms with Gasteiger partial charge < -0.3 is 15.7 Å². The van der Waals surface area contributed by atoms with Crippen LogP contribution in [0.1, 0.15) is 29.3 Å². The molecular weight excluding hydrogens is 216 g/mol. The Balaban J connectivity index is 2.13. The van der Waals surface area contributed by atoms with E-state index in [4.69, 9.17) is 5.11 Å². The van der Waals surface area contributed by atoms with Gasteiger partial charge in [0.2, 0.25) is 0 Å². The smallest absolute Gasteiger partial charge is 0.251 e. The van der Waals surface area contributed by atoms with Crippen molar-refractivity contribution in [2.24, 2.45) is 0 Å². The molecule has 1 aromatic rings. The van der Waals surface area contributed by atoms with Gasteiger partial charge in [-0.1, -0.05) is 0 Å². The second kappa shape index (κ2) is 5.19. The third kappa shape index (κ3) is 2.77. The zero-order valence-electron chi connectivity index (χ0n) is 9.99. The molecule has 2 rings (SSSR count). The van der Waals surface area contributed by atoms with Gasteiger partial charge in [-0.3, -0.25) is 4.79 Å². The monoisotopic (exact) mass is 234 g/mol. The molecule has 0 saturated heterocycles. The highest BCUT2D eigenvalue weighted by Gasteiger charge is 2.13. The van der Waals surface area contributed by atoms with Gasteiger partial charge in [0.05, 0.1) is 6.61 Å². The summed E-state index contributed by atoms with van der Waals surface area (Å²) in [5, 5.41) is 15.0. The molecule has 17 heavy (non-hydrogen) atoms. The molecule has 0 radical (unpaired) electrons. The number of aryl methyl sites for hydroxylation is 1. The first kappa shape index (κ1) is 11.9. The largest absolute Gasteiger partial charge is 0.394 e. The number of anilines is 1. The van der Waals surface area contributed by atoms with Crippen molar-refractivity contribution < 1.29 is 9.90 Å². The van der Waals surface area contributed by atoms with Crippen LogP contribution in [0.25, 0.3) is 0 Å². The summed E-state index contributed by atoms with van der Waals surface area (Å²) in [6.45, 7) is 2.73. The molecule has 1 aliphatic rings. The number of fused-ring (bicyclic) bond motifs is 1. The maximum atomic E-state index is 11.9. The summed E-state index contributed by atoms with van der Waals surface area (Å²) in [5.74, 6) is -0.125. The molecule has 1 atom stereocenters. The molecule has 4 nitrogen and oxygen atoms in total. The first-order valence-corrected chi connectivity index (χ1v) is 5.99. The van der Waals surface area contributed by atoms with Crippen LogP contribution >= 0.6 is 0 Å². The Kier molecular flexibility index (Phi) is 3.64. The summed E-state index contributed by atoms with van der Waals surface area (Å²) in [4.78, 5) is 11.9. The number of amides is 1. The first-order chi connectivity index (χ1) is 8.20. The van der Waals surface area contributed by atoms with Crippen molar-refractivity contribution in [2.75, 3.05) is 18.5 Å². The molecule has 1 amide bonds. The number of nitrogens with one attached hydrogen (secondary N) is 2. The lowest BCUT2D eigenvalue weighted by molar-refractivity contribution is 0.0922. The Labute approximate surface area is 101 Å². The van der Waals surface area contributed by atoms with Crippen LogP contribution in [0.2, 0.25) is 0 Å². The molecule has 1 heterocycles. The average Bonchev–Trinajstić information content (AvgIpc) is 2.38. The highest BCUT2D eigenvalue weighted by molar-refractivity contribution is 5.95. The number of carbonyl (C=O) groups excluding carboxylic acids is 1. The van der Waals surface area contributed by atoms with E-state index in [1.807, 2.05) is 18.2 Å². The summed E-state index contributed by atoms with van der Waals surface area (Å²) in [5.41, 5.74) is 2.98. The van der Waals surface area contributed by atoms with Gasteiger partial charge in [0.15, 0.2) is 0 Å². The van der Waals surface area contributed by atoms with Crippen LogP contribution in [0.5, 0.6) is 0 Å². The molecule has 1 unspecified atom stereocenters. The van der Waals surface area contributed by atoms with Gasteiger partial charge in [-0.25, -0.2) is 0 Å². The van der Waals surface area contributed by atoms with Crippen molar-refractivity contribution in [3.63, 3.8) is 0 Å². The van der Waals surface area contributed by atoms with Crippen molar-refractivity contribution in [1.82, 2.24) is 5.32 Å². The molecule has 0 saturated carbocycles. The second-order valence-corrected chi connectivity index (χ2v) is 4.46. The maximum absolute atomic E-state index is 11.9. The number of rotatable bonds is 3. The van der Waals surface area contributed by atoms with E-state index in [1.165, 1.54) is 5.56 Å². The van der Waals surface area contributed by atoms with Crippen LogP contribution in [-0.4, -0.2) is 30.2 Å². The molecular formula is C13H18N2O2. The number of hydrogen-bond acceptors (Lipinski definition) is 3. The zero-order chi connectivity index (χ0) is 12.3. The molecule has 0 fully saturated rings. The van der Waals surface area contributed by atoms with E-state index in [1.54, 1.807) is 6.92 Å². The fourth-order valence-electron chi connectivity index (χ4n) is 1.97. The summed E-state index contributed by atoms with van der Waals surface area (Å²) >= 11 is 0. The quantitative estimate of drug-likeness (QED) is 0.735. The predicted molar refractivity (Wildman–Crippen MR) is 67.3 cm³/mol. The van der Waals surface area contributed by atoms with Crippen molar-refractivity contribution in [3.05, 3.63) is 29.3 Å². The van der Waals surface area contributed by atoms with E-state index in [9.17, 15) is 4.79 Å². The molecule has 92 valence electrons. The summed E-state index contributed by atoms with van der Waals surface area (Å²) in [7, 11) is 0. The number of benzene rings is 1. The van der Waals surface area contributed by atoms with E-state index in [-0.39, 0.29) is 18.6 Å². The second-order valence-electron chi connectivity index (χ2n) is 4.46. The van der Waals surface area contributed by atoms with E-state index < -0.39 is 0 Å². The minimum atomic E-state index is -0.211. The van der Waals surface area contributed by atoms with E-state index in [0.717, 1.165) is 25.1 Å². The van der Waals surface area contributed by atoms with Crippen LogP contribution in [0, 0.1) is 0 Å². The molecule has 0 bridgehead atoms. The lowest BCUT2D eigenvalue weighted by Gasteiger charge is -2.19. The summed E-state index contributed by atoms with van der Waals surface area (Å²) < 4.78 is 0. The molecule has 0 aromatic heterocycles. The summed E-state index contributed by atoms with van der Waals surface area (Å²) in [6.07, 6.45) is 2.12. The minimum Gasteiger partial charge on any atom is -0.394 e. The van der Waals surface area contributed by atoms with Crippen LogP contribution in [-0.2, 0) is 6.42 Å². The minimum absolute atomic E-state index is 0.0434. The SMILES string of the molecule is CC(CO)NC(=O)c1ccc2c(c1)CCCN2. The number of hydrogen-bond donors (Lipinski definition) is 3. The first-order valence-electron chi connectivity index (χ1n) is 5.99.